The molecule has 5 nitrogen and oxygen atoms in total. The van der Waals surface area contributed by atoms with Crippen LogP contribution in [0, 0.1) is 0 Å². The van der Waals surface area contributed by atoms with Crippen molar-refractivity contribution in [1.29, 1.82) is 0 Å². The van der Waals surface area contributed by atoms with Crippen LogP contribution in [0.15, 0.2) is 35.1 Å². The van der Waals surface area contributed by atoms with Crippen LogP contribution in [0.3, 0.4) is 0 Å². The van der Waals surface area contributed by atoms with Gasteiger partial charge >= 0.3 is 0 Å². The summed E-state index contributed by atoms with van der Waals surface area (Å²) in [6.45, 7) is 4.17. The number of para-hydroxylation sites is 1. The van der Waals surface area contributed by atoms with Crippen molar-refractivity contribution in [3.63, 3.8) is 0 Å². The molecule has 1 aliphatic rings. The number of fused-ring (bicyclic) bond motifs is 1. The Morgan fingerprint density at radius 3 is 2.95 bits per heavy atom. The Kier molecular flexibility index (Phi) is 3.28. The smallest absolute Gasteiger partial charge is 0.254 e. The molecule has 0 bridgehead atoms. The van der Waals surface area contributed by atoms with Crippen LogP contribution in [-0.4, -0.2) is 41.5 Å². The molecule has 1 atom stereocenters. The third kappa shape index (κ3) is 2.32. The van der Waals surface area contributed by atoms with Gasteiger partial charge in [0.1, 0.15) is 0 Å². The summed E-state index contributed by atoms with van der Waals surface area (Å²) < 4.78 is 0. The second kappa shape index (κ2) is 5.09. The van der Waals surface area contributed by atoms with Crippen molar-refractivity contribution in [3.8, 4) is 0 Å². The zero-order valence-electron chi connectivity index (χ0n) is 11.3. The Bertz CT molecular complexity index is 708. The van der Waals surface area contributed by atoms with E-state index < -0.39 is 0 Å². The lowest BCUT2D eigenvalue weighted by Gasteiger charge is -2.32. The van der Waals surface area contributed by atoms with E-state index in [2.05, 4.69) is 17.2 Å². The van der Waals surface area contributed by atoms with Gasteiger partial charge in [-0.1, -0.05) is 18.2 Å². The van der Waals surface area contributed by atoms with Gasteiger partial charge in [0.2, 0.25) is 5.56 Å². The Morgan fingerprint density at radius 1 is 1.35 bits per heavy atom. The predicted octanol–water partition coefficient (Wildman–Crippen LogP) is 0.962. The molecule has 1 aromatic heterocycles. The van der Waals surface area contributed by atoms with E-state index >= 15 is 0 Å². The number of aromatic amines is 1. The van der Waals surface area contributed by atoms with Crippen molar-refractivity contribution < 1.29 is 4.79 Å². The first-order valence-corrected chi connectivity index (χ1v) is 6.80. The normalized spacial score (nSPS) is 19.2. The molecule has 0 saturated carbocycles. The molecule has 2 N–H and O–H groups in total. The van der Waals surface area contributed by atoms with E-state index in [1.54, 1.807) is 0 Å². The third-order valence-electron chi connectivity index (χ3n) is 3.64. The summed E-state index contributed by atoms with van der Waals surface area (Å²) in [5, 5.41) is 4.10. The fourth-order valence-corrected chi connectivity index (χ4v) is 2.67. The van der Waals surface area contributed by atoms with E-state index in [1.807, 2.05) is 29.2 Å². The van der Waals surface area contributed by atoms with Crippen LogP contribution in [0.4, 0.5) is 0 Å². The first-order chi connectivity index (χ1) is 9.65. The molecule has 0 unspecified atom stereocenters. The number of rotatable bonds is 1. The van der Waals surface area contributed by atoms with Gasteiger partial charge in [-0.05, 0) is 13.0 Å². The summed E-state index contributed by atoms with van der Waals surface area (Å²) in [7, 11) is 0. The maximum atomic E-state index is 12.7. The summed E-state index contributed by atoms with van der Waals surface area (Å²) >= 11 is 0. The number of hydrogen-bond acceptors (Lipinski definition) is 3. The summed E-state index contributed by atoms with van der Waals surface area (Å²) in [6, 6.07) is 9.08. The molecule has 1 saturated heterocycles. The molecule has 0 aliphatic carbocycles. The zero-order chi connectivity index (χ0) is 14.1. The van der Waals surface area contributed by atoms with Gasteiger partial charge in [0, 0.05) is 42.6 Å². The number of nitrogens with zero attached hydrogens (tertiary/aromatic N) is 1. The van der Waals surface area contributed by atoms with Gasteiger partial charge in [0.05, 0.1) is 5.56 Å². The van der Waals surface area contributed by atoms with Crippen molar-refractivity contribution in [2.24, 2.45) is 0 Å². The van der Waals surface area contributed by atoms with E-state index in [-0.39, 0.29) is 17.5 Å². The highest BCUT2D eigenvalue weighted by Crippen LogP contribution is 2.17. The zero-order valence-corrected chi connectivity index (χ0v) is 11.3. The van der Waals surface area contributed by atoms with Crippen molar-refractivity contribution in [1.82, 2.24) is 15.2 Å². The Labute approximate surface area is 116 Å². The van der Waals surface area contributed by atoms with Gasteiger partial charge in [-0.3, -0.25) is 9.59 Å². The number of hydrogen-bond donors (Lipinski definition) is 2. The summed E-state index contributed by atoms with van der Waals surface area (Å²) in [4.78, 5) is 28.9. The molecule has 2 heterocycles. The number of aromatic nitrogens is 1. The SMILES string of the molecule is C[C@H]1CN(C(=O)c2cc(=O)[nH]c3ccccc23)CCN1. The molecule has 1 amide bonds. The van der Waals surface area contributed by atoms with Gasteiger partial charge < -0.3 is 15.2 Å². The summed E-state index contributed by atoms with van der Waals surface area (Å²) in [5.41, 5.74) is 0.945. The first kappa shape index (κ1) is 12.9. The van der Waals surface area contributed by atoms with Gasteiger partial charge in [-0.15, -0.1) is 0 Å². The third-order valence-corrected chi connectivity index (χ3v) is 3.64. The molecule has 104 valence electrons. The lowest BCUT2D eigenvalue weighted by molar-refractivity contribution is 0.0711. The molecule has 0 radical (unpaired) electrons. The number of H-pyrrole nitrogens is 1. The lowest BCUT2D eigenvalue weighted by atomic mass is 10.1. The molecule has 2 aromatic rings. The monoisotopic (exact) mass is 271 g/mol. The highest BCUT2D eigenvalue weighted by molar-refractivity contribution is 6.06. The summed E-state index contributed by atoms with van der Waals surface area (Å²) in [5.74, 6) is -0.0688. The molecule has 1 aliphatic heterocycles. The van der Waals surface area contributed by atoms with Crippen molar-refractivity contribution in [2.45, 2.75) is 13.0 Å². The number of carbonyl (C=O) groups excluding carboxylic acids is 1. The minimum atomic E-state index is -0.241. The molecular formula is C15H17N3O2. The lowest BCUT2D eigenvalue weighted by Crippen LogP contribution is -2.51. The number of pyridine rings is 1. The summed E-state index contributed by atoms with van der Waals surface area (Å²) in [6.07, 6.45) is 0. The predicted molar refractivity (Wildman–Crippen MR) is 77.9 cm³/mol. The largest absolute Gasteiger partial charge is 0.336 e. The Hall–Kier alpha value is -2.14. The highest BCUT2D eigenvalue weighted by Gasteiger charge is 2.23. The van der Waals surface area contributed by atoms with Crippen LogP contribution < -0.4 is 10.9 Å². The van der Waals surface area contributed by atoms with E-state index in [9.17, 15) is 9.59 Å². The standard InChI is InChI=1S/C15H17N3O2/c1-10-9-18(7-6-16-10)15(20)12-8-14(19)17-13-5-3-2-4-11(12)13/h2-5,8,10,16H,6-7,9H2,1H3,(H,17,19)/t10-/m0/s1. The average molecular weight is 271 g/mol. The van der Waals surface area contributed by atoms with Gasteiger partial charge in [0.25, 0.3) is 5.91 Å². The van der Waals surface area contributed by atoms with E-state index in [0.717, 1.165) is 11.9 Å². The van der Waals surface area contributed by atoms with Crippen LogP contribution in [0.1, 0.15) is 17.3 Å². The number of carbonyl (C=O) groups is 1. The van der Waals surface area contributed by atoms with E-state index in [4.69, 9.17) is 0 Å². The van der Waals surface area contributed by atoms with Crippen LogP contribution in [0.5, 0.6) is 0 Å². The minimum Gasteiger partial charge on any atom is -0.336 e. The second-order valence-corrected chi connectivity index (χ2v) is 5.20. The maximum absolute atomic E-state index is 12.7. The van der Waals surface area contributed by atoms with Crippen LogP contribution >= 0.6 is 0 Å². The molecule has 20 heavy (non-hydrogen) atoms. The maximum Gasteiger partial charge on any atom is 0.254 e. The highest BCUT2D eigenvalue weighted by atomic mass is 16.2. The quantitative estimate of drug-likeness (QED) is 0.812. The Balaban J connectivity index is 2.05. The topological polar surface area (TPSA) is 65.2 Å². The molecule has 0 spiro atoms. The van der Waals surface area contributed by atoms with Crippen molar-refractivity contribution in [2.75, 3.05) is 19.6 Å². The van der Waals surface area contributed by atoms with Crippen LogP contribution in [0.25, 0.3) is 10.9 Å². The van der Waals surface area contributed by atoms with Crippen molar-refractivity contribution in [3.05, 3.63) is 46.2 Å². The van der Waals surface area contributed by atoms with Crippen LogP contribution in [0.2, 0.25) is 0 Å². The van der Waals surface area contributed by atoms with E-state index in [0.29, 0.717) is 24.2 Å². The second-order valence-electron chi connectivity index (χ2n) is 5.20. The van der Waals surface area contributed by atoms with E-state index in [1.165, 1.54) is 6.07 Å². The molecule has 3 rings (SSSR count). The molecular weight excluding hydrogens is 254 g/mol. The number of benzene rings is 1. The van der Waals surface area contributed by atoms with Gasteiger partial charge in [0.15, 0.2) is 0 Å². The fourth-order valence-electron chi connectivity index (χ4n) is 2.67. The van der Waals surface area contributed by atoms with Crippen molar-refractivity contribution >= 4 is 16.8 Å². The number of nitrogens with one attached hydrogen (secondary N) is 2. The Morgan fingerprint density at radius 2 is 2.15 bits per heavy atom. The number of amides is 1. The molecule has 1 aromatic carbocycles. The fraction of sp³-hybridized carbons (Fsp3) is 0.333. The molecule has 5 heteroatoms. The van der Waals surface area contributed by atoms with Gasteiger partial charge in [-0.2, -0.15) is 0 Å². The number of piperazine rings is 1. The van der Waals surface area contributed by atoms with Gasteiger partial charge in [-0.25, -0.2) is 0 Å². The minimum absolute atomic E-state index is 0.0688. The van der Waals surface area contributed by atoms with Crippen LogP contribution in [-0.2, 0) is 0 Å². The average Bonchev–Trinajstić information content (AvgIpc) is 2.45. The molecule has 1 fully saturated rings. The first-order valence-electron chi connectivity index (χ1n) is 6.80.